The van der Waals surface area contributed by atoms with Gasteiger partial charge in [-0.3, -0.25) is 4.79 Å². The van der Waals surface area contributed by atoms with Gasteiger partial charge in [0, 0.05) is 0 Å². The quantitative estimate of drug-likeness (QED) is 0.697. The molecule has 2 aliphatic heterocycles. The van der Waals surface area contributed by atoms with Crippen LogP contribution in [0.1, 0.15) is 64.4 Å². The number of aliphatic carboxylic acids is 1. The molecule has 2 bridgehead atoms. The largest absolute Gasteiger partial charge is 0.493 e. The summed E-state index contributed by atoms with van der Waals surface area (Å²) in [6, 6.07) is 8.47. The van der Waals surface area contributed by atoms with Gasteiger partial charge in [0.1, 0.15) is 5.75 Å². The van der Waals surface area contributed by atoms with Gasteiger partial charge < -0.3 is 14.6 Å². The fourth-order valence-corrected chi connectivity index (χ4v) is 4.95. The lowest BCUT2D eigenvalue weighted by atomic mass is 9.62. The second-order valence-corrected chi connectivity index (χ2v) is 9.49. The second-order valence-electron chi connectivity index (χ2n) is 9.49. The van der Waals surface area contributed by atoms with Gasteiger partial charge >= 0.3 is 5.97 Å². The van der Waals surface area contributed by atoms with Crippen LogP contribution in [0.15, 0.2) is 24.3 Å². The highest BCUT2D eigenvalue weighted by Gasteiger charge is 2.51. The number of fused-ring (bicyclic) bond motifs is 3. The van der Waals surface area contributed by atoms with Crippen LogP contribution in [0.3, 0.4) is 0 Å². The van der Waals surface area contributed by atoms with Crippen LogP contribution in [0, 0.1) is 23.2 Å². The summed E-state index contributed by atoms with van der Waals surface area (Å²) in [5.74, 6) is 1.16. The molecule has 0 amide bonds. The van der Waals surface area contributed by atoms with E-state index in [1.807, 2.05) is 6.07 Å². The van der Waals surface area contributed by atoms with E-state index in [0.717, 1.165) is 51.1 Å². The smallest absolute Gasteiger partial charge is 0.306 e. The summed E-state index contributed by atoms with van der Waals surface area (Å²) < 4.78 is 12.4. The maximum atomic E-state index is 11.1. The molecule has 4 nitrogen and oxygen atoms in total. The van der Waals surface area contributed by atoms with E-state index in [2.05, 4.69) is 32.0 Å². The molecule has 2 atom stereocenters. The third kappa shape index (κ3) is 3.87. The Morgan fingerprint density at radius 1 is 1.30 bits per heavy atom. The van der Waals surface area contributed by atoms with Crippen molar-refractivity contribution in [3.05, 3.63) is 29.8 Å². The Morgan fingerprint density at radius 3 is 2.67 bits per heavy atom. The van der Waals surface area contributed by atoms with Crippen molar-refractivity contribution in [2.75, 3.05) is 13.2 Å². The Bertz CT molecular complexity index is 671. The summed E-state index contributed by atoms with van der Waals surface area (Å²) in [7, 11) is 0. The first kappa shape index (κ1) is 18.8. The zero-order valence-electron chi connectivity index (χ0n) is 16.6. The summed E-state index contributed by atoms with van der Waals surface area (Å²) in [6.45, 7) is 5.87. The van der Waals surface area contributed by atoms with Crippen molar-refractivity contribution in [2.45, 2.75) is 64.4 Å². The minimum Gasteiger partial charge on any atom is -0.493 e. The molecule has 0 radical (unpaired) electrons. The normalized spacial score (nSPS) is 34.6. The van der Waals surface area contributed by atoms with E-state index in [1.165, 1.54) is 18.4 Å². The number of hydrogen-bond acceptors (Lipinski definition) is 3. The molecule has 2 saturated heterocycles. The standard InChI is InChI=1S/C23H32O4/c1-16(2)14-26-19-5-3-4-18(13-19)23-10-8-22(9-11-23,15-27-23)7-6-17-12-20(17)21(24)25/h3-5,13,16-17,20H,6-12,14-15H2,1-2H3,(H,24,25). The zero-order valence-corrected chi connectivity index (χ0v) is 16.6. The molecule has 4 heteroatoms. The third-order valence-corrected chi connectivity index (χ3v) is 7.00. The van der Waals surface area contributed by atoms with Crippen LogP contribution in [0.25, 0.3) is 0 Å². The van der Waals surface area contributed by atoms with E-state index in [4.69, 9.17) is 14.6 Å². The van der Waals surface area contributed by atoms with E-state index in [1.54, 1.807) is 0 Å². The summed E-state index contributed by atoms with van der Waals surface area (Å²) >= 11 is 0. The zero-order chi connectivity index (χ0) is 19.1. The van der Waals surface area contributed by atoms with Crippen molar-refractivity contribution < 1.29 is 19.4 Å². The van der Waals surface area contributed by atoms with E-state index in [-0.39, 0.29) is 16.9 Å². The van der Waals surface area contributed by atoms with Crippen LogP contribution < -0.4 is 4.74 Å². The summed E-state index contributed by atoms with van der Waals surface area (Å²) in [5.41, 5.74) is 1.38. The lowest BCUT2D eigenvalue weighted by molar-refractivity contribution is -0.192. The Kier molecular flexibility index (Phi) is 4.96. The predicted octanol–water partition coefficient (Wildman–Crippen LogP) is 5.01. The maximum absolute atomic E-state index is 11.1. The molecule has 1 aromatic rings. The van der Waals surface area contributed by atoms with Crippen LogP contribution in [-0.2, 0) is 15.1 Å². The predicted molar refractivity (Wildman–Crippen MR) is 104 cm³/mol. The van der Waals surface area contributed by atoms with Crippen molar-refractivity contribution in [3.8, 4) is 5.75 Å². The first-order valence-corrected chi connectivity index (χ1v) is 10.5. The van der Waals surface area contributed by atoms with Crippen LogP contribution >= 0.6 is 0 Å². The van der Waals surface area contributed by atoms with E-state index in [9.17, 15) is 4.79 Å². The fraction of sp³-hybridized carbons (Fsp3) is 0.696. The highest BCUT2D eigenvalue weighted by molar-refractivity contribution is 5.73. The number of hydrogen-bond donors (Lipinski definition) is 1. The molecule has 148 valence electrons. The average Bonchev–Trinajstić information content (AvgIpc) is 3.47. The average molecular weight is 373 g/mol. The third-order valence-electron chi connectivity index (χ3n) is 7.00. The second kappa shape index (κ2) is 7.12. The van der Waals surface area contributed by atoms with Crippen LogP contribution in [-0.4, -0.2) is 24.3 Å². The van der Waals surface area contributed by atoms with Crippen molar-refractivity contribution in [1.29, 1.82) is 0 Å². The molecule has 0 spiro atoms. The molecule has 1 N–H and O–H groups in total. The van der Waals surface area contributed by atoms with Crippen molar-refractivity contribution >= 4 is 5.97 Å². The molecule has 0 aromatic heterocycles. The van der Waals surface area contributed by atoms with Gasteiger partial charge in [-0.25, -0.2) is 0 Å². The molecule has 2 saturated carbocycles. The van der Waals surface area contributed by atoms with Gasteiger partial charge in [-0.2, -0.15) is 0 Å². The fourth-order valence-electron chi connectivity index (χ4n) is 4.95. The van der Waals surface area contributed by atoms with Crippen molar-refractivity contribution in [1.82, 2.24) is 0 Å². The number of ether oxygens (including phenoxy) is 2. The van der Waals surface area contributed by atoms with Gasteiger partial charge in [-0.1, -0.05) is 26.0 Å². The Morgan fingerprint density at radius 2 is 2.07 bits per heavy atom. The highest BCUT2D eigenvalue weighted by Crippen LogP contribution is 2.57. The highest BCUT2D eigenvalue weighted by atomic mass is 16.5. The number of benzene rings is 1. The number of carbonyl (C=O) groups is 1. The SMILES string of the molecule is CC(C)COc1cccc(C23CCC(CCC4CC4C(=O)O)(CC2)CO3)c1. The molecule has 2 aliphatic carbocycles. The van der Waals surface area contributed by atoms with E-state index in [0.29, 0.717) is 11.8 Å². The van der Waals surface area contributed by atoms with Gasteiger partial charge in [-0.05, 0) is 79.9 Å². The molecule has 2 heterocycles. The van der Waals surface area contributed by atoms with Crippen LogP contribution in [0.5, 0.6) is 5.75 Å². The van der Waals surface area contributed by atoms with E-state index >= 15 is 0 Å². The van der Waals surface area contributed by atoms with Crippen molar-refractivity contribution in [2.24, 2.45) is 23.2 Å². The minimum atomic E-state index is -0.611. The van der Waals surface area contributed by atoms with Crippen LogP contribution in [0.2, 0.25) is 0 Å². The topological polar surface area (TPSA) is 55.8 Å². The number of carboxylic acid groups (broad SMARTS) is 1. The van der Waals surface area contributed by atoms with Crippen molar-refractivity contribution in [3.63, 3.8) is 0 Å². The van der Waals surface area contributed by atoms with Gasteiger partial charge in [0.2, 0.25) is 0 Å². The Labute approximate surface area is 162 Å². The lowest BCUT2D eigenvalue weighted by Gasteiger charge is -2.53. The summed E-state index contributed by atoms with van der Waals surface area (Å²) in [4.78, 5) is 11.1. The molecule has 4 aliphatic rings. The molecule has 1 aromatic carbocycles. The lowest BCUT2D eigenvalue weighted by Crippen LogP contribution is -2.49. The summed E-state index contributed by atoms with van der Waals surface area (Å²) in [6.07, 6.45) is 7.55. The molecule has 4 fully saturated rings. The number of rotatable bonds is 8. The minimum absolute atomic E-state index is 0.0813. The van der Waals surface area contributed by atoms with Gasteiger partial charge in [0.05, 0.1) is 24.7 Å². The first-order chi connectivity index (χ1) is 12.9. The van der Waals surface area contributed by atoms with Gasteiger partial charge in [0.15, 0.2) is 0 Å². The van der Waals surface area contributed by atoms with E-state index < -0.39 is 5.97 Å². The Balaban J connectivity index is 1.36. The molecule has 2 unspecified atom stereocenters. The van der Waals surface area contributed by atoms with Gasteiger partial charge in [0.25, 0.3) is 0 Å². The number of carboxylic acids is 1. The molecule has 27 heavy (non-hydrogen) atoms. The van der Waals surface area contributed by atoms with Gasteiger partial charge in [-0.15, -0.1) is 0 Å². The molecular weight excluding hydrogens is 340 g/mol. The molecule has 5 rings (SSSR count). The Hall–Kier alpha value is -1.55. The molecular formula is C23H32O4. The first-order valence-electron chi connectivity index (χ1n) is 10.5. The maximum Gasteiger partial charge on any atom is 0.306 e. The van der Waals surface area contributed by atoms with Crippen LogP contribution in [0.4, 0.5) is 0 Å². The monoisotopic (exact) mass is 372 g/mol. The summed E-state index contributed by atoms with van der Waals surface area (Å²) in [5, 5.41) is 9.11.